The highest BCUT2D eigenvalue weighted by Crippen LogP contribution is 2.59. The number of nitrogens with one attached hydrogen (secondary N) is 1. The third-order valence-corrected chi connectivity index (χ3v) is 7.38. The SMILES string of the molecule is CC(C)c1cnc([C@@H]2[C@H](NS(=O)(=O)c3ccccc3)C2(C)C)s1. The molecular weight excluding hydrogens is 328 g/mol. The first-order valence-corrected chi connectivity index (χ1v) is 10.1. The first-order valence-electron chi connectivity index (χ1n) is 7.76. The molecule has 1 fully saturated rings. The summed E-state index contributed by atoms with van der Waals surface area (Å²) in [7, 11) is -3.49. The van der Waals surface area contributed by atoms with Crippen molar-refractivity contribution in [3.05, 3.63) is 46.4 Å². The monoisotopic (exact) mass is 350 g/mol. The van der Waals surface area contributed by atoms with Crippen molar-refractivity contribution >= 4 is 21.4 Å². The molecule has 0 amide bonds. The van der Waals surface area contributed by atoms with E-state index in [1.54, 1.807) is 35.6 Å². The molecule has 6 heteroatoms. The van der Waals surface area contributed by atoms with Crippen LogP contribution in [0.2, 0.25) is 0 Å². The van der Waals surface area contributed by atoms with Gasteiger partial charge >= 0.3 is 0 Å². The zero-order chi connectivity index (χ0) is 16.8. The van der Waals surface area contributed by atoms with Crippen molar-refractivity contribution in [2.45, 2.75) is 50.5 Å². The predicted molar refractivity (Wildman–Crippen MR) is 93.3 cm³/mol. The van der Waals surface area contributed by atoms with Gasteiger partial charge in [0.25, 0.3) is 0 Å². The number of nitrogens with zero attached hydrogens (tertiary/aromatic N) is 1. The van der Waals surface area contributed by atoms with E-state index in [1.165, 1.54) is 4.88 Å². The van der Waals surface area contributed by atoms with Gasteiger partial charge in [0.05, 0.1) is 9.90 Å². The summed E-state index contributed by atoms with van der Waals surface area (Å²) < 4.78 is 27.9. The molecule has 23 heavy (non-hydrogen) atoms. The van der Waals surface area contributed by atoms with Gasteiger partial charge in [-0.25, -0.2) is 18.1 Å². The summed E-state index contributed by atoms with van der Waals surface area (Å²) in [6.07, 6.45) is 1.92. The van der Waals surface area contributed by atoms with Gasteiger partial charge in [-0.2, -0.15) is 0 Å². The number of hydrogen-bond donors (Lipinski definition) is 1. The fourth-order valence-corrected chi connectivity index (χ4v) is 5.55. The van der Waals surface area contributed by atoms with E-state index < -0.39 is 10.0 Å². The maximum atomic E-state index is 12.5. The average molecular weight is 351 g/mol. The van der Waals surface area contributed by atoms with Crippen molar-refractivity contribution in [2.24, 2.45) is 5.41 Å². The number of aromatic nitrogens is 1. The lowest BCUT2D eigenvalue weighted by atomic mass is 10.1. The Morgan fingerprint density at radius 2 is 1.87 bits per heavy atom. The summed E-state index contributed by atoms with van der Waals surface area (Å²) in [4.78, 5) is 6.08. The molecule has 0 unspecified atom stereocenters. The Morgan fingerprint density at radius 3 is 2.43 bits per heavy atom. The summed E-state index contributed by atoms with van der Waals surface area (Å²) in [6.45, 7) is 8.47. The van der Waals surface area contributed by atoms with Gasteiger partial charge in [-0.05, 0) is 23.5 Å². The second-order valence-corrected chi connectivity index (χ2v) is 9.77. The van der Waals surface area contributed by atoms with E-state index in [0.717, 1.165) is 5.01 Å². The van der Waals surface area contributed by atoms with Crippen molar-refractivity contribution in [2.75, 3.05) is 0 Å². The van der Waals surface area contributed by atoms with Crippen LogP contribution in [0.15, 0.2) is 41.4 Å². The lowest BCUT2D eigenvalue weighted by Gasteiger charge is -2.07. The van der Waals surface area contributed by atoms with Crippen LogP contribution in [0.1, 0.15) is 49.4 Å². The van der Waals surface area contributed by atoms with Crippen molar-refractivity contribution in [1.82, 2.24) is 9.71 Å². The van der Waals surface area contributed by atoms with Crippen LogP contribution in [0.4, 0.5) is 0 Å². The van der Waals surface area contributed by atoms with E-state index >= 15 is 0 Å². The lowest BCUT2D eigenvalue weighted by molar-refractivity contribution is 0.552. The third kappa shape index (κ3) is 3.07. The van der Waals surface area contributed by atoms with E-state index in [-0.39, 0.29) is 17.4 Å². The molecule has 1 aliphatic carbocycles. The van der Waals surface area contributed by atoms with E-state index in [0.29, 0.717) is 10.8 Å². The van der Waals surface area contributed by atoms with Crippen molar-refractivity contribution in [3.8, 4) is 0 Å². The summed E-state index contributed by atoms with van der Waals surface area (Å²) in [5.74, 6) is 0.584. The summed E-state index contributed by atoms with van der Waals surface area (Å²) in [6, 6.07) is 8.41. The Labute approximate surface area is 142 Å². The Kier molecular flexibility index (Phi) is 4.11. The maximum Gasteiger partial charge on any atom is 0.240 e. The van der Waals surface area contributed by atoms with Gasteiger partial charge in [-0.1, -0.05) is 45.9 Å². The number of thiazole rings is 1. The smallest absolute Gasteiger partial charge is 0.240 e. The Balaban J connectivity index is 1.81. The zero-order valence-corrected chi connectivity index (χ0v) is 15.4. The lowest BCUT2D eigenvalue weighted by Crippen LogP contribution is -2.29. The molecule has 1 heterocycles. The van der Waals surface area contributed by atoms with Gasteiger partial charge in [0.1, 0.15) is 0 Å². The molecule has 0 spiro atoms. The molecule has 124 valence electrons. The summed E-state index contributed by atoms with van der Waals surface area (Å²) >= 11 is 1.69. The highest BCUT2D eigenvalue weighted by atomic mass is 32.2. The van der Waals surface area contributed by atoms with Gasteiger partial charge in [0.15, 0.2) is 0 Å². The number of sulfonamides is 1. The fraction of sp³-hybridized carbons (Fsp3) is 0.471. The van der Waals surface area contributed by atoms with Crippen LogP contribution in [-0.2, 0) is 10.0 Å². The number of benzene rings is 1. The Morgan fingerprint density at radius 1 is 1.22 bits per heavy atom. The normalized spacial score (nSPS) is 23.2. The molecule has 0 radical (unpaired) electrons. The fourth-order valence-electron chi connectivity index (χ4n) is 2.86. The average Bonchev–Trinajstić information content (AvgIpc) is 2.88. The molecule has 1 saturated carbocycles. The van der Waals surface area contributed by atoms with Crippen LogP contribution in [0, 0.1) is 5.41 Å². The standard InChI is InChI=1S/C17H22N2O2S2/c1-11(2)13-10-18-16(22-13)14-15(17(14,3)4)19-23(20,21)12-8-6-5-7-9-12/h5-11,14-15,19H,1-4H3/t14-,15-/m0/s1. The largest absolute Gasteiger partial charge is 0.249 e. The number of hydrogen-bond acceptors (Lipinski definition) is 4. The van der Waals surface area contributed by atoms with Gasteiger partial charge in [0.2, 0.25) is 10.0 Å². The van der Waals surface area contributed by atoms with Crippen molar-refractivity contribution in [3.63, 3.8) is 0 Å². The molecular formula is C17H22N2O2S2. The van der Waals surface area contributed by atoms with E-state index in [4.69, 9.17) is 0 Å². The molecule has 3 rings (SSSR count). The first kappa shape index (κ1) is 16.6. The predicted octanol–water partition coefficient (Wildman–Crippen LogP) is 3.74. The summed E-state index contributed by atoms with van der Waals surface area (Å²) in [5, 5.41) is 1.03. The Hall–Kier alpha value is -1.24. The molecule has 0 aliphatic heterocycles. The van der Waals surface area contributed by atoms with Crippen molar-refractivity contribution in [1.29, 1.82) is 0 Å². The van der Waals surface area contributed by atoms with Gasteiger partial charge in [-0.15, -0.1) is 11.3 Å². The highest BCUT2D eigenvalue weighted by Gasteiger charge is 2.61. The van der Waals surface area contributed by atoms with Crippen LogP contribution in [0.25, 0.3) is 0 Å². The van der Waals surface area contributed by atoms with Crippen LogP contribution in [0.3, 0.4) is 0 Å². The minimum atomic E-state index is -3.49. The minimum absolute atomic E-state index is 0.112. The molecule has 0 saturated heterocycles. The van der Waals surface area contributed by atoms with Crippen LogP contribution in [-0.4, -0.2) is 19.4 Å². The van der Waals surface area contributed by atoms with Crippen LogP contribution >= 0.6 is 11.3 Å². The third-order valence-electron chi connectivity index (χ3n) is 4.54. The van der Waals surface area contributed by atoms with Gasteiger partial charge < -0.3 is 0 Å². The van der Waals surface area contributed by atoms with Gasteiger partial charge in [-0.3, -0.25) is 0 Å². The van der Waals surface area contributed by atoms with Crippen LogP contribution < -0.4 is 4.72 Å². The number of rotatable bonds is 5. The van der Waals surface area contributed by atoms with Crippen LogP contribution in [0.5, 0.6) is 0 Å². The van der Waals surface area contributed by atoms with E-state index in [1.807, 2.05) is 12.3 Å². The molecule has 1 aliphatic rings. The van der Waals surface area contributed by atoms with Gasteiger partial charge in [0, 0.05) is 23.0 Å². The molecule has 1 N–H and O–H groups in total. The second-order valence-electron chi connectivity index (χ2n) is 6.97. The topological polar surface area (TPSA) is 59.1 Å². The highest BCUT2D eigenvalue weighted by molar-refractivity contribution is 7.89. The molecule has 1 aromatic heterocycles. The molecule has 2 aromatic rings. The molecule has 0 bridgehead atoms. The summed E-state index contributed by atoms with van der Waals surface area (Å²) in [5.41, 5.74) is -0.117. The van der Waals surface area contributed by atoms with E-state index in [2.05, 4.69) is 37.4 Å². The Bertz CT molecular complexity index is 795. The molecule has 2 atom stereocenters. The quantitative estimate of drug-likeness (QED) is 0.894. The zero-order valence-electron chi connectivity index (χ0n) is 13.8. The minimum Gasteiger partial charge on any atom is -0.249 e. The second kappa shape index (κ2) is 5.69. The first-order chi connectivity index (χ1) is 10.7. The molecule has 1 aromatic carbocycles. The van der Waals surface area contributed by atoms with Crippen molar-refractivity contribution < 1.29 is 8.42 Å². The van der Waals surface area contributed by atoms with E-state index in [9.17, 15) is 8.42 Å². The molecule has 4 nitrogen and oxygen atoms in total. The maximum absolute atomic E-state index is 12.5.